The van der Waals surface area contributed by atoms with Crippen molar-refractivity contribution < 1.29 is 4.74 Å². The van der Waals surface area contributed by atoms with Gasteiger partial charge in [0.2, 0.25) is 0 Å². The molecular weight excluding hydrogens is 214 g/mol. The van der Waals surface area contributed by atoms with Crippen LogP contribution in [0.3, 0.4) is 0 Å². The number of hydrogen-bond acceptors (Lipinski definition) is 4. The Kier molecular flexibility index (Phi) is 2.45. The number of hydrogen-bond donors (Lipinski definition) is 1. The monoisotopic (exact) mass is 235 g/mol. The van der Waals surface area contributed by atoms with Crippen molar-refractivity contribution in [1.29, 1.82) is 0 Å². The molecule has 0 aromatic rings. The second kappa shape index (κ2) is 3.75. The molecule has 17 heavy (non-hydrogen) atoms. The van der Waals surface area contributed by atoms with Crippen LogP contribution in [-0.2, 0) is 4.74 Å². The molecule has 2 atom stereocenters. The molecule has 1 saturated carbocycles. The Labute approximate surface area is 103 Å². The number of piperazine rings is 1. The predicted octanol–water partition coefficient (Wildman–Crippen LogP) is 0.379. The molecule has 2 fully saturated rings. The lowest BCUT2D eigenvalue weighted by Crippen LogP contribution is -2.45. The number of fused-ring (bicyclic) bond motifs is 1. The number of rotatable bonds is 2. The molecule has 3 aliphatic rings. The Balaban J connectivity index is 1.79. The van der Waals surface area contributed by atoms with E-state index in [-0.39, 0.29) is 5.54 Å². The van der Waals surface area contributed by atoms with Gasteiger partial charge in [0.1, 0.15) is 5.76 Å². The van der Waals surface area contributed by atoms with Crippen LogP contribution < -0.4 is 5.73 Å². The average molecular weight is 235 g/mol. The molecule has 1 aliphatic heterocycles. The average Bonchev–Trinajstić information content (AvgIpc) is 2.99. The van der Waals surface area contributed by atoms with E-state index in [1.54, 1.807) is 7.11 Å². The highest BCUT2D eigenvalue weighted by Crippen LogP contribution is 2.49. The normalized spacial score (nSPS) is 37.1. The maximum Gasteiger partial charge on any atom is 0.139 e. The highest BCUT2D eigenvalue weighted by Gasteiger charge is 2.51. The second-order valence-corrected chi connectivity index (χ2v) is 5.48. The largest absolute Gasteiger partial charge is 0.495 e. The van der Waals surface area contributed by atoms with Crippen LogP contribution in [0.1, 0.15) is 6.42 Å². The van der Waals surface area contributed by atoms with Crippen LogP contribution in [0.15, 0.2) is 23.6 Å². The van der Waals surface area contributed by atoms with Gasteiger partial charge in [-0.2, -0.15) is 0 Å². The summed E-state index contributed by atoms with van der Waals surface area (Å²) in [5.74, 6) is 1.49. The summed E-state index contributed by atoms with van der Waals surface area (Å²) in [5, 5.41) is 0. The van der Waals surface area contributed by atoms with Crippen LogP contribution in [0.2, 0.25) is 0 Å². The van der Waals surface area contributed by atoms with Gasteiger partial charge in [-0.05, 0) is 19.5 Å². The SMILES string of the molecule is COC1=CC2(N)C[C@@H]2C=C1N1CCN(C)CC1. The molecule has 4 nitrogen and oxygen atoms in total. The number of nitrogens with zero attached hydrogens (tertiary/aromatic N) is 2. The Morgan fingerprint density at radius 2 is 2.06 bits per heavy atom. The van der Waals surface area contributed by atoms with Gasteiger partial charge in [-0.1, -0.05) is 6.08 Å². The van der Waals surface area contributed by atoms with E-state index in [2.05, 4.69) is 29.0 Å². The first-order chi connectivity index (χ1) is 8.12. The first kappa shape index (κ1) is 11.1. The zero-order chi connectivity index (χ0) is 12.0. The van der Waals surface area contributed by atoms with Crippen molar-refractivity contribution in [2.45, 2.75) is 12.0 Å². The molecule has 94 valence electrons. The van der Waals surface area contributed by atoms with Crippen molar-refractivity contribution in [2.24, 2.45) is 11.7 Å². The molecule has 0 aromatic carbocycles. The lowest BCUT2D eigenvalue weighted by Gasteiger charge is -2.37. The standard InChI is InChI=1S/C13H21N3O/c1-15-3-5-16(6-4-15)11-7-10-8-13(10,14)9-12(11)17-2/h7,9-10H,3-6,8,14H2,1-2H3/t10-,13?/m0/s1. The third kappa shape index (κ3) is 1.85. The van der Waals surface area contributed by atoms with Crippen molar-refractivity contribution in [3.63, 3.8) is 0 Å². The molecule has 1 unspecified atom stereocenters. The summed E-state index contributed by atoms with van der Waals surface area (Å²) in [4.78, 5) is 4.79. The summed E-state index contributed by atoms with van der Waals surface area (Å²) in [5.41, 5.74) is 7.35. The minimum absolute atomic E-state index is 0.110. The van der Waals surface area contributed by atoms with E-state index in [0.29, 0.717) is 5.92 Å². The van der Waals surface area contributed by atoms with E-state index < -0.39 is 0 Å². The second-order valence-electron chi connectivity index (χ2n) is 5.48. The maximum atomic E-state index is 6.20. The summed E-state index contributed by atoms with van der Waals surface area (Å²) in [6.45, 7) is 4.39. The van der Waals surface area contributed by atoms with Crippen molar-refractivity contribution >= 4 is 0 Å². The van der Waals surface area contributed by atoms with E-state index in [4.69, 9.17) is 10.5 Å². The lowest BCUT2D eigenvalue weighted by atomic mass is 10.0. The Hall–Kier alpha value is -1.00. The molecule has 3 rings (SSSR count). The molecule has 0 amide bonds. The van der Waals surface area contributed by atoms with Crippen LogP contribution in [0.25, 0.3) is 0 Å². The van der Waals surface area contributed by atoms with Crippen LogP contribution in [0, 0.1) is 5.92 Å². The molecule has 1 heterocycles. The summed E-state index contributed by atoms with van der Waals surface area (Å²) in [7, 11) is 3.91. The zero-order valence-corrected chi connectivity index (χ0v) is 10.6. The lowest BCUT2D eigenvalue weighted by molar-refractivity contribution is 0.170. The fourth-order valence-electron chi connectivity index (χ4n) is 2.76. The number of likely N-dealkylation sites (N-methyl/N-ethyl adjacent to an activating group) is 1. The maximum absolute atomic E-state index is 6.20. The van der Waals surface area contributed by atoms with Gasteiger partial charge in [0.15, 0.2) is 0 Å². The fourth-order valence-corrected chi connectivity index (χ4v) is 2.76. The summed E-state index contributed by atoms with van der Waals surface area (Å²) >= 11 is 0. The van der Waals surface area contributed by atoms with E-state index in [0.717, 1.165) is 38.4 Å². The zero-order valence-electron chi connectivity index (χ0n) is 10.6. The highest BCUT2D eigenvalue weighted by atomic mass is 16.5. The molecule has 2 N–H and O–H groups in total. The summed E-state index contributed by atoms with van der Waals surface area (Å²) in [6.07, 6.45) is 5.49. The first-order valence-corrected chi connectivity index (χ1v) is 6.34. The highest BCUT2D eigenvalue weighted by molar-refractivity contribution is 5.42. The van der Waals surface area contributed by atoms with Gasteiger partial charge in [0, 0.05) is 37.6 Å². The van der Waals surface area contributed by atoms with Gasteiger partial charge >= 0.3 is 0 Å². The number of methoxy groups -OCH3 is 1. The van der Waals surface area contributed by atoms with Crippen LogP contribution in [-0.4, -0.2) is 55.7 Å². The molecule has 2 aliphatic carbocycles. The van der Waals surface area contributed by atoms with Gasteiger partial charge in [-0.3, -0.25) is 0 Å². The minimum Gasteiger partial charge on any atom is -0.495 e. The van der Waals surface area contributed by atoms with E-state index in [1.807, 2.05) is 0 Å². The van der Waals surface area contributed by atoms with E-state index in [1.165, 1.54) is 5.70 Å². The summed E-state index contributed by atoms with van der Waals surface area (Å²) in [6, 6.07) is 0. The fraction of sp³-hybridized carbons (Fsp3) is 0.692. The topological polar surface area (TPSA) is 41.7 Å². The quantitative estimate of drug-likeness (QED) is 0.751. The van der Waals surface area contributed by atoms with E-state index >= 15 is 0 Å². The van der Waals surface area contributed by atoms with Gasteiger partial charge in [0.05, 0.1) is 12.8 Å². The van der Waals surface area contributed by atoms with Crippen LogP contribution in [0.5, 0.6) is 0 Å². The Morgan fingerprint density at radius 3 is 2.71 bits per heavy atom. The third-order valence-electron chi connectivity index (χ3n) is 4.18. The summed E-state index contributed by atoms with van der Waals surface area (Å²) < 4.78 is 5.50. The van der Waals surface area contributed by atoms with Crippen molar-refractivity contribution in [2.75, 3.05) is 40.3 Å². The molecule has 0 spiro atoms. The third-order valence-corrected chi connectivity index (χ3v) is 4.18. The van der Waals surface area contributed by atoms with Crippen LogP contribution >= 0.6 is 0 Å². The van der Waals surface area contributed by atoms with Gasteiger partial charge < -0.3 is 20.3 Å². The molecule has 0 aromatic heterocycles. The predicted molar refractivity (Wildman–Crippen MR) is 67.3 cm³/mol. The van der Waals surface area contributed by atoms with Crippen LogP contribution in [0.4, 0.5) is 0 Å². The smallest absolute Gasteiger partial charge is 0.139 e. The Bertz CT molecular complexity index is 382. The van der Waals surface area contributed by atoms with E-state index in [9.17, 15) is 0 Å². The minimum atomic E-state index is -0.110. The molecule has 0 bridgehead atoms. The molecule has 0 radical (unpaired) electrons. The van der Waals surface area contributed by atoms with Gasteiger partial charge in [0.25, 0.3) is 0 Å². The molecule has 1 saturated heterocycles. The van der Waals surface area contributed by atoms with Gasteiger partial charge in [-0.25, -0.2) is 0 Å². The van der Waals surface area contributed by atoms with Crippen molar-refractivity contribution in [3.8, 4) is 0 Å². The van der Waals surface area contributed by atoms with Gasteiger partial charge in [-0.15, -0.1) is 0 Å². The van der Waals surface area contributed by atoms with Crippen molar-refractivity contribution in [3.05, 3.63) is 23.6 Å². The van der Waals surface area contributed by atoms with Crippen molar-refractivity contribution in [1.82, 2.24) is 9.80 Å². The molecule has 4 heteroatoms. The number of ether oxygens (including phenoxy) is 1. The Morgan fingerprint density at radius 1 is 1.35 bits per heavy atom. The first-order valence-electron chi connectivity index (χ1n) is 6.34. The molecular formula is C13H21N3O. The number of nitrogens with two attached hydrogens (primary N) is 1.